The topological polar surface area (TPSA) is 165 Å². The van der Waals surface area contributed by atoms with Crippen LogP contribution in [0.5, 0.6) is 5.75 Å². The molecular formula is C26H34N6O6. The lowest BCUT2D eigenvalue weighted by Crippen LogP contribution is -2.53. The van der Waals surface area contributed by atoms with Gasteiger partial charge in [-0.05, 0) is 42.7 Å². The molecule has 0 aromatic carbocycles. The average molecular weight is 527 g/mol. The molecule has 4 unspecified atom stereocenters. The van der Waals surface area contributed by atoms with E-state index in [1.807, 2.05) is 0 Å². The third-order valence-corrected chi connectivity index (χ3v) is 8.22. The van der Waals surface area contributed by atoms with Crippen molar-refractivity contribution in [3.8, 4) is 11.8 Å². The quantitative estimate of drug-likeness (QED) is 0.501. The summed E-state index contributed by atoms with van der Waals surface area (Å²) in [5, 5.41) is 24.8. The van der Waals surface area contributed by atoms with Crippen LogP contribution in [-0.2, 0) is 19.1 Å². The molecule has 38 heavy (non-hydrogen) atoms. The number of ether oxygens (including phenoxy) is 1. The summed E-state index contributed by atoms with van der Waals surface area (Å²) in [5.41, 5.74) is 0. The minimum absolute atomic E-state index is 0.0112. The SMILES string of the molecule is CC[C@H]1CCCC2C1CN(C(=O)CNC(=O)OC)[C@@H]2C(=O)N1CC(C(=O)Nc2ncccc2O)CC1C#N. The molecule has 0 bridgehead atoms. The molecule has 1 aromatic rings. The fourth-order valence-electron chi connectivity index (χ4n) is 6.32. The van der Waals surface area contributed by atoms with Crippen LogP contribution in [0.2, 0.25) is 0 Å². The summed E-state index contributed by atoms with van der Waals surface area (Å²) in [6.07, 6.45) is 4.56. The number of hydrogen-bond donors (Lipinski definition) is 3. The smallest absolute Gasteiger partial charge is 0.407 e. The van der Waals surface area contributed by atoms with Crippen molar-refractivity contribution in [1.29, 1.82) is 5.26 Å². The Kier molecular flexibility index (Phi) is 8.34. The second-order valence-corrected chi connectivity index (χ2v) is 10.2. The summed E-state index contributed by atoms with van der Waals surface area (Å²) in [7, 11) is 1.21. The van der Waals surface area contributed by atoms with E-state index < -0.39 is 30.0 Å². The van der Waals surface area contributed by atoms with Gasteiger partial charge in [-0.2, -0.15) is 5.26 Å². The van der Waals surface area contributed by atoms with Crippen molar-refractivity contribution < 1.29 is 29.0 Å². The van der Waals surface area contributed by atoms with E-state index in [-0.39, 0.29) is 54.7 Å². The largest absolute Gasteiger partial charge is 0.504 e. The maximum Gasteiger partial charge on any atom is 0.407 e. The van der Waals surface area contributed by atoms with Gasteiger partial charge in [-0.15, -0.1) is 0 Å². The van der Waals surface area contributed by atoms with E-state index in [2.05, 4.69) is 33.3 Å². The highest BCUT2D eigenvalue weighted by Crippen LogP contribution is 2.46. The number of nitriles is 1. The van der Waals surface area contributed by atoms with Crippen molar-refractivity contribution in [2.24, 2.45) is 23.7 Å². The molecule has 12 nitrogen and oxygen atoms in total. The number of alkyl carbamates (subject to hydrolysis) is 1. The monoisotopic (exact) mass is 526 g/mol. The predicted octanol–water partition coefficient (Wildman–Crippen LogP) is 1.48. The number of methoxy groups -OCH3 is 1. The first-order chi connectivity index (χ1) is 18.3. The van der Waals surface area contributed by atoms with Crippen LogP contribution in [0, 0.1) is 35.0 Å². The van der Waals surface area contributed by atoms with Crippen molar-refractivity contribution in [2.75, 3.05) is 32.1 Å². The number of aromatic hydroxyl groups is 1. The second-order valence-electron chi connectivity index (χ2n) is 10.2. The van der Waals surface area contributed by atoms with E-state index in [0.717, 1.165) is 25.7 Å². The molecule has 1 aliphatic carbocycles. The van der Waals surface area contributed by atoms with Gasteiger partial charge in [0.25, 0.3) is 0 Å². The highest BCUT2D eigenvalue weighted by molar-refractivity contribution is 5.95. The predicted molar refractivity (Wildman–Crippen MR) is 134 cm³/mol. The second kappa shape index (κ2) is 11.7. The summed E-state index contributed by atoms with van der Waals surface area (Å²) in [5.74, 6) is -1.55. The van der Waals surface area contributed by atoms with E-state index in [4.69, 9.17) is 0 Å². The summed E-state index contributed by atoms with van der Waals surface area (Å²) in [6, 6.07) is 3.48. The molecule has 4 rings (SSSR count). The number of fused-ring (bicyclic) bond motifs is 1. The van der Waals surface area contributed by atoms with Crippen LogP contribution in [0.25, 0.3) is 0 Å². The maximum atomic E-state index is 14.0. The van der Waals surface area contributed by atoms with Crippen molar-refractivity contribution in [1.82, 2.24) is 20.1 Å². The fraction of sp³-hybridized carbons (Fsp3) is 0.615. The molecule has 3 aliphatic rings. The van der Waals surface area contributed by atoms with Crippen LogP contribution < -0.4 is 10.6 Å². The average Bonchev–Trinajstić information content (AvgIpc) is 3.54. The zero-order chi connectivity index (χ0) is 27.4. The lowest BCUT2D eigenvalue weighted by Gasteiger charge is -2.36. The van der Waals surface area contributed by atoms with Gasteiger partial charge >= 0.3 is 6.09 Å². The van der Waals surface area contributed by atoms with Crippen LogP contribution in [0.1, 0.15) is 39.0 Å². The zero-order valence-electron chi connectivity index (χ0n) is 21.6. The lowest BCUT2D eigenvalue weighted by molar-refractivity contribution is -0.145. The van der Waals surface area contributed by atoms with Gasteiger partial charge in [0, 0.05) is 19.3 Å². The van der Waals surface area contributed by atoms with Crippen molar-refractivity contribution in [2.45, 2.75) is 51.1 Å². The fourth-order valence-corrected chi connectivity index (χ4v) is 6.32. The highest BCUT2D eigenvalue weighted by Gasteiger charge is 2.53. The van der Waals surface area contributed by atoms with Crippen molar-refractivity contribution >= 4 is 29.6 Å². The third kappa shape index (κ3) is 5.37. The number of anilines is 1. The van der Waals surface area contributed by atoms with Gasteiger partial charge < -0.3 is 30.3 Å². The third-order valence-electron chi connectivity index (χ3n) is 8.22. The first kappa shape index (κ1) is 27.2. The molecule has 1 saturated carbocycles. The minimum atomic E-state index is -0.828. The van der Waals surface area contributed by atoms with Gasteiger partial charge in [-0.3, -0.25) is 14.4 Å². The van der Waals surface area contributed by atoms with Crippen molar-refractivity contribution in [3.63, 3.8) is 0 Å². The van der Waals surface area contributed by atoms with E-state index in [0.29, 0.717) is 12.5 Å². The Morgan fingerprint density at radius 3 is 2.68 bits per heavy atom. The molecule has 12 heteroatoms. The number of carbonyl (C=O) groups is 4. The van der Waals surface area contributed by atoms with Crippen LogP contribution in [-0.4, -0.2) is 82.5 Å². The van der Waals surface area contributed by atoms with Crippen LogP contribution in [0.3, 0.4) is 0 Å². The first-order valence-corrected chi connectivity index (χ1v) is 13.0. The molecule has 2 aliphatic heterocycles. The Balaban J connectivity index is 1.54. The van der Waals surface area contributed by atoms with Crippen molar-refractivity contribution in [3.05, 3.63) is 18.3 Å². The number of pyridine rings is 1. The molecule has 1 aromatic heterocycles. The van der Waals surface area contributed by atoms with Crippen LogP contribution in [0.4, 0.5) is 10.6 Å². The van der Waals surface area contributed by atoms with Gasteiger partial charge in [0.1, 0.15) is 18.6 Å². The number of nitrogens with zero attached hydrogens (tertiary/aromatic N) is 4. The number of likely N-dealkylation sites (tertiary alicyclic amines) is 2. The summed E-state index contributed by atoms with van der Waals surface area (Å²) >= 11 is 0. The minimum Gasteiger partial charge on any atom is -0.504 e. The van der Waals surface area contributed by atoms with Gasteiger partial charge in [-0.1, -0.05) is 26.2 Å². The Morgan fingerprint density at radius 1 is 1.21 bits per heavy atom. The van der Waals surface area contributed by atoms with E-state index in [9.17, 15) is 29.5 Å². The summed E-state index contributed by atoms with van der Waals surface area (Å²) in [4.78, 5) is 58.7. The van der Waals surface area contributed by atoms with Crippen LogP contribution >= 0.6 is 0 Å². The summed E-state index contributed by atoms with van der Waals surface area (Å²) < 4.78 is 4.57. The molecule has 3 fully saturated rings. The Labute approximate surface area is 221 Å². The zero-order valence-corrected chi connectivity index (χ0v) is 21.6. The lowest BCUT2D eigenvalue weighted by atomic mass is 9.70. The number of nitrogens with one attached hydrogen (secondary N) is 2. The van der Waals surface area contributed by atoms with Gasteiger partial charge in [0.05, 0.1) is 19.1 Å². The molecule has 4 amide bonds. The first-order valence-electron chi connectivity index (χ1n) is 13.0. The summed E-state index contributed by atoms with van der Waals surface area (Å²) in [6.45, 7) is 2.24. The molecule has 2 saturated heterocycles. The van der Waals surface area contributed by atoms with E-state index in [1.54, 1.807) is 4.90 Å². The number of carbonyl (C=O) groups excluding carboxylic acids is 4. The molecule has 6 atom stereocenters. The molecule has 204 valence electrons. The van der Waals surface area contributed by atoms with E-state index in [1.165, 1.54) is 30.3 Å². The Hall–Kier alpha value is -3.88. The molecular weight excluding hydrogens is 492 g/mol. The molecule has 3 heterocycles. The number of aromatic nitrogens is 1. The normalized spacial score (nSPS) is 28.2. The Bertz CT molecular complexity index is 1120. The van der Waals surface area contributed by atoms with Crippen LogP contribution in [0.15, 0.2) is 18.3 Å². The number of hydrogen-bond acceptors (Lipinski definition) is 8. The van der Waals surface area contributed by atoms with Gasteiger partial charge in [-0.25, -0.2) is 9.78 Å². The van der Waals surface area contributed by atoms with E-state index >= 15 is 0 Å². The maximum absolute atomic E-state index is 14.0. The number of rotatable bonds is 6. The van der Waals surface area contributed by atoms with Gasteiger partial charge in [0.15, 0.2) is 11.6 Å². The molecule has 3 N–H and O–H groups in total. The molecule has 0 spiro atoms. The highest BCUT2D eigenvalue weighted by atomic mass is 16.5. The Morgan fingerprint density at radius 2 is 2.00 bits per heavy atom. The number of amides is 4. The molecule has 0 radical (unpaired) electrons. The standard InChI is InChI=1S/C26H34N6O6/c1-3-15-6-4-7-18-19(15)14-32(21(34)12-29-26(37)38-2)22(18)25(36)31-13-16(10-17(31)11-27)24(35)30-23-20(33)8-5-9-28-23/h5,8-9,15-19,22,33H,3-4,6-7,10,12-14H2,1-2H3,(H,29,37)(H,28,30,35)/t15-,16?,17?,18?,19?,22-/m0/s1. The van der Waals surface area contributed by atoms with Gasteiger partial charge in [0.2, 0.25) is 17.7 Å².